The van der Waals surface area contributed by atoms with Gasteiger partial charge in [-0.2, -0.15) is 0 Å². The lowest BCUT2D eigenvalue weighted by Crippen LogP contribution is -2.22. The maximum Gasteiger partial charge on any atom is 0.269 e. The lowest BCUT2D eigenvalue weighted by atomic mass is 10.2. The third kappa shape index (κ3) is 5.32. The molecular weight excluding hydrogens is 202 g/mol. The van der Waals surface area contributed by atoms with Gasteiger partial charge in [-0.05, 0) is 11.6 Å². The Hall–Kier alpha value is -1.61. The van der Waals surface area contributed by atoms with Crippen LogP contribution >= 0.6 is 0 Å². The number of rotatable bonds is 3. The number of hydrogen-bond donors (Lipinski definition) is 0. The average Bonchev–Trinajstić information content (AvgIpc) is 2.38. The molecule has 1 rings (SSSR count). The highest BCUT2D eigenvalue weighted by atomic mass is 16.7. The van der Waals surface area contributed by atoms with Crippen LogP contribution in [0.2, 0.25) is 0 Å². The fourth-order valence-corrected chi connectivity index (χ4v) is 0.927. The van der Waals surface area contributed by atoms with E-state index >= 15 is 0 Å². The lowest BCUT2D eigenvalue weighted by Gasteiger charge is -2.09. The predicted molar refractivity (Wildman–Crippen MR) is 66.6 cm³/mol. The molecule has 3 nitrogen and oxygen atoms in total. The largest absolute Gasteiger partial charge is 0.274 e. The normalized spacial score (nSPS) is 9.50. The molecule has 0 aliphatic carbocycles. The number of hydroxylamine groups is 2. The molecule has 0 aliphatic heterocycles. The monoisotopic (exact) mass is 221 g/mol. The van der Waals surface area contributed by atoms with Crippen LogP contribution in [-0.4, -0.2) is 25.1 Å². The fraction of sp³-hybridized carbons (Fsp3) is 0.308. The van der Waals surface area contributed by atoms with Crippen molar-refractivity contribution in [1.29, 1.82) is 0 Å². The summed E-state index contributed by atoms with van der Waals surface area (Å²) in [5, 5.41) is 1.17. The predicted octanol–water partition coefficient (Wildman–Crippen LogP) is 2.75. The Morgan fingerprint density at radius 1 is 1.25 bits per heavy atom. The van der Waals surface area contributed by atoms with Crippen molar-refractivity contribution >= 4 is 12.0 Å². The van der Waals surface area contributed by atoms with Crippen molar-refractivity contribution in [3.63, 3.8) is 0 Å². The van der Waals surface area contributed by atoms with Gasteiger partial charge in [0.2, 0.25) is 0 Å². The van der Waals surface area contributed by atoms with Crippen LogP contribution in [0.5, 0.6) is 0 Å². The highest BCUT2D eigenvalue weighted by Gasteiger charge is 2.01. The van der Waals surface area contributed by atoms with Crippen LogP contribution < -0.4 is 0 Å². The Balaban J connectivity index is 0.00000106. The van der Waals surface area contributed by atoms with Crippen molar-refractivity contribution in [2.45, 2.75) is 13.8 Å². The fourth-order valence-electron chi connectivity index (χ4n) is 0.927. The smallest absolute Gasteiger partial charge is 0.269 e. The second-order valence-corrected chi connectivity index (χ2v) is 2.76. The molecule has 0 saturated heterocycles. The Morgan fingerprint density at radius 3 is 2.31 bits per heavy atom. The Morgan fingerprint density at radius 2 is 1.81 bits per heavy atom. The van der Waals surface area contributed by atoms with E-state index in [1.54, 1.807) is 13.1 Å². The van der Waals surface area contributed by atoms with E-state index in [2.05, 4.69) is 0 Å². The minimum absolute atomic E-state index is 0.184. The summed E-state index contributed by atoms with van der Waals surface area (Å²) < 4.78 is 0. The highest BCUT2D eigenvalue weighted by Crippen LogP contribution is 2.01. The van der Waals surface area contributed by atoms with E-state index < -0.39 is 0 Å². The number of likely N-dealkylation sites (N-methyl/N-ethyl adjacent to an activating group) is 1. The van der Waals surface area contributed by atoms with Gasteiger partial charge in [-0.25, -0.2) is 5.06 Å². The van der Waals surface area contributed by atoms with Gasteiger partial charge in [-0.15, -0.1) is 0 Å². The van der Waals surface area contributed by atoms with Crippen LogP contribution in [0.25, 0.3) is 6.08 Å². The molecule has 0 aromatic heterocycles. The van der Waals surface area contributed by atoms with Crippen LogP contribution in [0.4, 0.5) is 0 Å². The van der Waals surface area contributed by atoms with Crippen molar-refractivity contribution < 1.29 is 9.63 Å². The summed E-state index contributed by atoms with van der Waals surface area (Å²) in [6, 6.07) is 9.63. The molecule has 0 fully saturated rings. The second kappa shape index (κ2) is 8.68. The zero-order valence-electron chi connectivity index (χ0n) is 10.3. The van der Waals surface area contributed by atoms with Gasteiger partial charge in [0.05, 0.1) is 7.11 Å². The van der Waals surface area contributed by atoms with Crippen molar-refractivity contribution in [2.75, 3.05) is 14.2 Å². The number of hydrogen-bond acceptors (Lipinski definition) is 2. The van der Waals surface area contributed by atoms with Gasteiger partial charge < -0.3 is 0 Å². The average molecular weight is 221 g/mol. The summed E-state index contributed by atoms with van der Waals surface area (Å²) in [5.41, 5.74) is 0.991. The first-order valence-corrected chi connectivity index (χ1v) is 5.29. The molecule has 1 aromatic carbocycles. The highest BCUT2D eigenvalue weighted by molar-refractivity contribution is 5.90. The molecule has 16 heavy (non-hydrogen) atoms. The van der Waals surface area contributed by atoms with Crippen LogP contribution in [0.15, 0.2) is 36.4 Å². The number of nitrogens with zero attached hydrogens (tertiary/aromatic N) is 1. The maximum absolute atomic E-state index is 11.3. The van der Waals surface area contributed by atoms with E-state index in [0.717, 1.165) is 5.56 Å². The third-order valence-electron chi connectivity index (χ3n) is 1.80. The van der Waals surface area contributed by atoms with Crippen molar-refractivity contribution in [1.82, 2.24) is 5.06 Å². The minimum Gasteiger partial charge on any atom is -0.274 e. The van der Waals surface area contributed by atoms with Gasteiger partial charge in [0.25, 0.3) is 5.91 Å². The first-order chi connectivity index (χ1) is 7.74. The summed E-state index contributed by atoms with van der Waals surface area (Å²) in [6.45, 7) is 4.00. The van der Waals surface area contributed by atoms with Crippen LogP contribution in [0, 0.1) is 0 Å². The first kappa shape index (κ1) is 14.4. The zero-order chi connectivity index (χ0) is 12.4. The van der Waals surface area contributed by atoms with E-state index in [1.807, 2.05) is 44.2 Å². The first-order valence-electron chi connectivity index (χ1n) is 5.29. The van der Waals surface area contributed by atoms with E-state index in [-0.39, 0.29) is 5.91 Å². The molecule has 88 valence electrons. The third-order valence-corrected chi connectivity index (χ3v) is 1.80. The molecule has 0 unspecified atom stereocenters. The van der Waals surface area contributed by atoms with Gasteiger partial charge in [-0.1, -0.05) is 44.2 Å². The zero-order valence-corrected chi connectivity index (χ0v) is 10.3. The summed E-state index contributed by atoms with van der Waals surface area (Å²) in [4.78, 5) is 16.0. The maximum atomic E-state index is 11.3. The van der Waals surface area contributed by atoms with Crippen molar-refractivity contribution in [3.05, 3.63) is 42.0 Å². The molecule has 1 amide bonds. The SMILES string of the molecule is CC.CON(C)C(=O)/C=C/c1ccccc1. The van der Waals surface area contributed by atoms with Crippen molar-refractivity contribution in [2.24, 2.45) is 0 Å². The van der Waals surface area contributed by atoms with Gasteiger partial charge in [-0.3, -0.25) is 9.63 Å². The van der Waals surface area contributed by atoms with Crippen LogP contribution in [-0.2, 0) is 9.63 Å². The number of amides is 1. The minimum atomic E-state index is -0.184. The Labute approximate surface area is 97.3 Å². The summed E-state index contributed by atoms with van der Waals surface area (Å²) in [7, 11) is 3.02. The van der Waals surface area contributed by atoms with Gasteiger partial charge in [0.1, 0.15) is 0 Å². The summed E-state index contributed by atoms with van der Waals surface area (Å²) in [5.74, 6) is -0.184. The summed E-state index contributed by atoms with van der Waals surface area (Å²) in [6.07, 6.45) is 3.22. The molecule has 0 radical (unpaired) electrons. The van der Waals surface area contributed by atoms with Gasteiger partial charge >= 0.3 is 0 Å². The van der Waals surface area contributed by atoms with Crippen molar-refractivity contribution in [3.8, 4) is 0 Å². The molecule has 0 N–H and O–H groups in total. The second-order valence-electron chi connectivity index (χ2n) is 2.76. The molecule has 0 spiro atoms. The molecule has 0 saturated carbocycles. The standard InChI is InChI=1S/C11H13NO2.C2H6/c1-12(14-2)11(13)9-8-10-6-4-3-5-7-10;1-2/h3-9H,1-2H3;1-2H3/b9-8+;. The number of benzene rings is 1. The quantitative estimate of drug-likeness (QED) is 0.580. The molecule has 0 aliphatic rings. The molecule has 3 heteroatoms. The van der Waals surface area contributed by atoms with Gasteiger partial charge in [0, 0.05) is 13.1 Å². The van der Waals surface area contributed by atoms with E-state index in [0.29, 0.717) is 0 Å². The Kier molecular flexibility index (Phi) is 7.81. The molecule has 0 heterocycles. The van der Waals surface area contributed by atoms with Crippen LogP contribution in [0.3, 0.4) is 0 Å². The number of carbonyl (C=O) groups excluding carboxylic acids is 1. The Bertz CT molecular complexity index is 320. The molecule has 1 aromatic rings. The molecule has 0 bridgehead atoms. The number of carbonyl (C=O) groups is 1. The molecular formula is C13H19NO2. The topological polar surface area (TPSA) is 29.5 Å². The van der Waals surface area contributed by atoms with E-state index in [9.17, 15) is 4.79 Å². The van der Waals surface area contributed by atoms with Crippen LogP contribution in [0.1, 0.15) is 19.4 Å². The van der Waals surface area contributed by atoms with Gasteiger partial charge in [0.15, 0.2) is 0 Å². The lowest BCUT2D eigenvalue weighted by molar-refractivity contribution is -0.162. The van der Waals surface area contributed by atoms with E-state index in [4.69, 9.17) is 4.84 Å². The summed E-state index contributed by atoms with van der Waals surface area (Å²) >= 11 is 0. The molecule has 0 atom stereocenters. The van der Waals surface area contributed by atoms with E-state index in [1.165, 1.54) is 18.2 Å².